The van der Waals surface area contributed by atoms with Crippen LogP contribution < -0.4 is 0 Å². The lowest BCUT2D eigenvalue weighted by molar-refractivity contribution is 0.172. The smallest absolute Gasteiger partial charge is 0.295 e. The van der Waals surface area contributed by atoms with E-state index in [1.807, 2.05) is 0 Å². The highest BCUT2D eigenvalue weighted by Crippen LogP contribution is 2.31. The standard InChI is InChI=1S/C11H13NO4S/c1-8-11(12(2)7-16-8)9-5-3-4-6-10(9)17(13,14)15/h3-6H,7H2,1-2H3,(H,13,14,15). The van der Waals surface area contributed by atoms with Crippen LogP contribution in [-0.4, -0.2) is 31.6 Å². The fourth-order valence-corrected chi connectivity index (χ4v) is 2.57. The van der Waals surface area contributed by atoms with Gasteiger partial charge in [0.15, 0.2) is 6.73 Å². The lowest BCUT2D eigenvalue weighted by atomic mass is 10.1. The Balaban J connectivity index is 2.65. The number of hydrogen-bond donors (Lipinski definition) is 1. The van der Waals surface area contributed by atoms with E-state index in [0.29, 0.717) is 23.8 Å². The second kappa shape index (κ2) is 4.05. The zero-order valence-corrected chi connectivity index (χ0v) is 10.4. The Hall–Kier alpha value is -1.53. The number of benzene rings is 1. The first kappa shape index (κ1) is 11.9. The molecule has 6 heteroatoms. The summed E-state index contributed by atoms with van der Waals surface area (Å²) in [4.78, 5) is 1.69. The lowest BCUT2D eigenvalue weighted by Crippen LogP contribution is -2.14. The summed E-state index contributed by atoms with van der Waals surface area (Å²) >= 11 is 0. The normalized spacial score (nSPS) is 16.3. The molecule has 2 rings (SSSR count). The molecule has 1 aromatic carbocycles. The SMILES string of the molecule is CC1=C(c2ccccc2S(=O)(=O)O)N(C)CO1. The van der Waals surface area contributed by atoms with Crippen LogP contribution in [0.5, 0.6) is 0 Å². The van der Waals surface area contributed by atoms with Crippen molar-refractivity contribution in [1.82, 2.24) is 4.90 Å². The summed E-state index contributed by atoms with van der Waals surface area (Å²) in [6, 6.07) is 6.30. The van der Waals surface area contributed by atoms with Gasteiger partial charge in [-0.05, 0) is 13.0 Å². The van der Waals surface area contributed by atoms with Crippen LogP contribution in [-0.2, 0) is 14.9 Å². The van der Waals surface area contributed by atoms with Crippen LogP contribution in [0.15, 0.2) is 34.9 Å². The van der Waals surface area contributed by atoms with Gasteiger partial charge in [0, 0.05) is 12.6 Å². The fourth-order valence-electron chi connectivity index (χ4n) is 1.88. The molecule has 0 saturated carbocycles. The van der Waals surface area contributed by atoms with E-state index >= 15 is 0 Å². The summed E-state index contributed by atoms with van der Waals surface area (Å²) in [6.07, 6.45) is 0. The van der Waals surface area contributed by atoms with Crippen LogP contribution in [0.3, 0.4) is 0 Å². The van der Waals surface area contributed by atoms with Gasteiger partial charge in [-0.3, -0.25) is 4.55 Å². The first-order valence-corrected chi connectivity index (χ1v) is 6.47. The van der Waals surface area contributed by atoms with Gasteiger partial charge in [0.05, 0.1) is 5.70 Å². The minimum atomic E-state index is -4.23. The predicted octanol–water partition coefficient (Wildman–Crippen LogP) is 1.54. The Kier molecular flexibility index (Phi) is 2.84. The third-order valence-corrected chi connectivity index (χ3v) is 3.52. The summed E-state index contributed by atoms with van der Waals surface area (Å²) in [7, 11) is -2.44. The minimum Gasteiger partial charge on any atom is -0.476 e. The summed E-state index contributed by atoms with van der Waals surface area (Å²) in [5.74, 6) is 0.642. The zero-order chi connectivity index (χ0) is 12.6. The predicted molar refractivity (Wildman–Crippen MR) is 62.6 cm³/mol. The molecule has 0 fully saturated rings. The molecular formula is C11H13NO4S. The van der Waals surface area contributed by atoms with Gasteiger partial charge >= 0.3 is 0 Å². The molecule has 0 amide bonds. The molecular weight excluding hydrogens is 242 g/mol. The molecule has 0 spiro atoms. The Labute approximate surface area is 100 Å². The third kappa shape index (κ3) is 2.13. The molecule has 1 N–H and O–H groups in total. The van der Waals surface area contributed by atoms with Gasteiger partial charge in [0.2, 0.25) is 0 Å². The minimum absolute atomic E-state index is 0.105. The van der Waals surface area contributed by atoms with Gasteiger partial charge in [-0.25, -0.2) is 0 Å². The quantitative estimate of drug-likeness (QED) is 0.812. The second-order valence-corrected chi connectivity index (χ2v) is 5.24. The van der Waals surface area contributed by atoms with Crippen molar-refractivity contribution >= 4 is 15.8 Å². The van der Waals surface area contributed by atoms with Crippen molar-refractivity contribution in [2.24, 2.45) is 0 Å². The summed E-state index contributed by atoms with van der Waals surface area (Å²) in [5, 5.41) is 0. The average Bonchev–Trinajstić information content (AvgIpc) is 2.57. The first-order valence-electron chi connectivity index (χ1n) is 5.03. The number of ether oxygens (including phenoxy) is 1. The van der Waals surface area contributed by atoms with Gasteiger partial charge in [0.1, 0.15) is 10.7 Å². The maximum Gasteiger partial charge on any atom is 0.295 e. The second-order valence-electron chi connectivity index (χ2n) is 3.85. The van der Waals surface area contributed by atoms with Crippen molar-refractivity contribution in [3.05, 3.63) is 35.6 Å². The largest absolute Gasteiger partial charge is 0.476 e. The Bertz CT molecular complexity index is 577. The monoisotopic (exact) mass is 255 g/mol. The first-order chi connectivity index (χ1) is 7.91. The summed E-state index contributed by atoms with van der Waals surface area (Å²) in [6.45, 7) is 2.14. The van der Waals surface area contributed by atoms with Crippen molar-refractivity contribution in [3.63, 3.8) is 0 Å². The van der Waals surface area contributed by atoms with Crippen LogP contribution in [0, 0.1) is 0 Å². The highest BCUT2D eigenvalue weighted by molar-refractivity contribution is 7.85. The van der Waals surface area contributed by atoms with Crippen LogP contribution >= 0.6 is 0 Å². The van der Waals surface area contributed by atoms with Crippen molar-refractivity contribution in [1.29, 1.82) is 0 Å². The van der Waals surface area contributed by atoms with Crippen molar-refractivity contribution in [2.75, 3.05) is 13.8 Å². The Morgan fingerprint density at radius 2 is 2.00 bits per heavy atom. The van der Waals surface area contributed by atoms with E-state index in [1.54, 1.807) is 37.1 Å². The van der Waals surface area contributed by atoms with E-state index in [4.69, 9.17) is 4.74 Å². The molecule has 0 atom stereocenters. The summed E-state index contributed by atoms with van der Waals surface area (Å²) < 4.78 is 37.1. The van der Waals surface area contributed by atoms with Gasteiger partial charge in [-0.1, -0.05) is 18.2 Å². The van der Waals surface area contributed by atoms with Crippen LogP contribution in [0.4, 0.5) is 0 Å². The summed E-state index contributed by atoms with van der Waals surface area (Å²) in [5.41, 5.74) is 1.13. The number of nitrogens with zero attached hydrogens (tertiary/aromatic N) is 1. The molecule has 0 radical (unpaired) electrons. The lowest BCUT2D eigenvalue weighted by Gasteiger charge is -2.15. The van der Waals surface area contributed by atoms with Crippen molar-refractivity contribution < 1.29 is 17.7 Å². The highest BCUT2D eigenvalue weighted by Gasteiger charge is 2.25. The maximum atomic E-state index is 11.3. The van der Waals surface area contributed by atoms with Gasteiger partial charge in [-0.15, -0.1) is 0 Å². The Morgan fingerprint density at radius 1 is 1.35 bits per heavy atom. The molecule has 1 aliphatic heterocycles. The van der Waals surface area contributed by atoms with Crippen LogP contribution in [0.1, 0.15) is 12.5 Å². The van der Waals surface area contributed by atoms with E-state index in [1.165, 1.54) is 6.07 Å². The fraction of sp³-hybridized carbons (Fsp3) is 0.273. The zero-order valence-electron chi connectivity index (χ0n) is 9.54. The van der Waals surface area contributed by atoms with Crippen LogP contribution in [0.25, 0.3) is 5.70 Å². The molecule has 1 aliphatic rings. The molecule has 17 heavy (non-hydrogen) atoms. The van der Waals surface area contributed by atoms with Crippen molar-refractivity contribution in [3.8, 4) is 0 Å². The molecule has 0 aliphatic carbocycles. The molecule has 0 saturated heterocycles. The van der Waals surface area contributed by atoms with E-state index < -0.39 is 10.1 Å². The van der Waals surface area contributed by atoms with Gasteiger partial charge < -0.3 is 9.64 Å². The topological polar surface area (TPSA) is 66.8 Å². The van der Waals surface area contributed by atoms with E-state index in [-0.39, 0.29) is 4.90 Å². The maximum absolute atomic E-state index is 11.3. The van der Waals surface area contributed by atoms with E-state index in [9.17, 15) is 13.0 Å². The molecule has 0 bridgehead atoms. The van der Waals surface area contributed by atoms with Crippen LogP contribution in [0.2, 0.25) is 0 Å². The molecule has 92 valence electrons. The molecule has 1 aromatic rings. The molecule has 1 heterocycles. The van der Waals surface area contributed by atoms with E-state index in [0.717, 1.165) is 0 Å². The van der Waals surface area contributed by atoms with Gasteiger partial charge in [0.25, 0.3) is 10.1 Å². The average molecular weight is 255 g/mol. The molecule has 0 aromatic heterocycles. The number of allylic oxidation sites excluding steroid dienone is 1. The molecule has 0 unspecified atom stereocenters. The van der Waals surface area contributed by atoms with Gasteiger partial charge in [-0.2, -0.15) is 8.42 Å². The number of hydrogen-bond acceptors (Lipinski definition) is 4. The van der Waals surface area contributed by atoms with Crippen molar-refractivity contribution in [2.45, 2.75) is 11.8 Å². The third-order valence-electron chi connectivity index (χ3n) is 2.61. The highest BCUT2D eigenvalue weighted by atomic mass is 32.2. The van der Waals surface area contributed by atoms with E-state index in [2.05, 4.69) is 0 Å². The Morgan fingerprint density at radius 3 is 2.53 bits per heavy atom. The molecule has 5 nitrogen and oxygen atoms in total. The number of rotatable bonds is 2.